The van der Waals surface area contributed by atoms with E-state index >= 15 is 0 Å². The number of aromatic nitrogens is 3. The van der Waals surface area contributed by atoms with E-state index in [2.05, 4.69) is 20.3 Å². The van der Waals surface area contributed by atoms with Crippen molar-refractivity contribution in [2.75, 3.05) is 11.1 Å². The van der Waals surface area contributed by atoms with Gasteiger partial charge in [-0.25, -0.2) is 15.0 Å². The molecule has 0 unspecified atom stereocenters. The fourth-order valence-corrected chi connectivity index (χ4v) is 2.06. The van der Waals surface area contributed by atoms with Gasteiger partial charge in [-0.2, -0.15) is 0 Å². The third-order valence-corrected chi connectivity index (χ3v) is 3.03. The van der Waals surface area contributed by atoms with Crippen LogP contribution in [-0.2, 0) is 0 Å². The Labute approximate surface area is 126 Å². The predicted octanol–water partition coefficient (Wildman–Crippen LogP) is 3.52. The van der Waals surface area contributed by atoms with Crippen molar-refractivity contribution >= 4 is 28.9 Å². The van der Waals surface area contributed by atoms with E-state index in [9.17, 15) is 0 Å². The number of nitrogen functional groups attached to an aromatic ring is 1. The van der Waals surface area contributed by atoms with Gasteiger partial charge in [0.25, 0.3) is 0 Å². The van der Waals surface area contributed by atoms with Gasteiger partial charge >= 0.3 is 0 Å². The molecule has 0 atom stereocenters. The molecular formula is C15H12ClN5. The van der Waals surface area contributed by atoms with Gasteiger partial charge in [0.1, 0.15) is 5.15 Å². The Morgan fingerprint density at radius 2 is 1.86 bits per heavy atom. The molecule has 0 radical (unpaired) electrons. The van der Waals surface area contributed by atoms with Gasteiger partial charge in [-0.15, -0.1) is 0 Å². The predicted molar refractivity (Wildman–Crippen MR) is 84.4 cm³/mol. The number of hydrogen-bond acceptors (Lipinski definition) is 5. The second-order valence-electron chi connectivity index (χ2n) is 4.38. The van der Waals surface area contributed by atoms with Gasteiger partial charge in [0.2, 0.25) is 5.95 Å². The van der Waals surface area contributed by atoms with Crippen molar-refractivity contribution in [3.05, 3.63) is 60.0 Å². The van der Waals surface area contributed by atoms with Crippen molar-refractivity contribution in [2.24, 2.45) is 0 Å². The molecule has 0 aliphatic rings. The number of benzene rings is 1. The summed E-state index contributed by atoms with van der Waals surface area (Å²) in [5.41, 5.74) is 8.91. The number of nitrogens with one attached hydrogen (secondary N) is 1. The Morgan fingerprint density at radius 3 is 2.67 bits per heavy atom. The first-order valence-electron chi connectivity index (χ1n) is 6.28. The molecule has 5 nitrogen and oxygen atoms in total. The number of nitrogens with zero attached hydrogens (tertiary/aromatic N) is 3. The highest BCUT2D eigenvalue weighted by Crippen LogP contribution is 2.21. The van der Waals surface area contributed by atoms with Crippen LogP contribution in [0.3, 0.4) is 0 Å². The zero-order valence-corrected chi connectivity index (χ0v) is 11.7. The minimum atomic E-state index is 0.427. The highest BCUT2D eigenvalue weighted by Gasteiger charge is 2.04. The van der Waals surface area contributed by atoms with Crippen LogP contribution in [0.25, 0.3) is 11.3 Å². The highest BCUT2D eigenvalue weighted by molar-refractivity contribution is 6.29. The maximum absolute atomic E-state index is 5.90. The second-order valence-corrected chi connectivity index (χ2v) is 4.77. The SMILES string of the molecule is Nc1cccc(Nc2nccc(-c3ccnc(Cl)c3)n2)c1. The lowest BCUT2D eigenvalue weighted by Crippen LogP contribution is -1.98. The summed E-state index contributed by atoms with van der Waals surface area (Å²) < 4.78 is 0. The molecule has 6 heteroatoms. The lowest BCUT2D eigenvalue weighted by atomic mass is 10.2. The molecule has 0 spiro atoms. The first-order valence-corrected chi connectivity index (χ1v) is 6.66. The van der Waals surface area contributed by atoms with Crippen molar-refractivity contribution < 1.29 is 0 Å². The van der Waals surface area contributed by atoms with Crippen LogP contribution in [0.2, 0.25) is 5.15 Å². The van der Waals surface area contributed by atoms with Crippen molar-refractivity contribution in [1.82, 2.24) is 15.0 Å². The fraction of sp³-hybridized carbons (Fsp3) is 0. The molecule has 2 heterocycles. The summed E-state index contributed by atoms with van der Waals surface area (Å²) in [6.07, 6.45) is 3.33. The summed E-state index contributed by atoms with van der Waals surface area (Å²) in [5, 5.41) is 3.55. The van der Waals surface area contributed by atoms with Gasteiger partial charge in [0.05, 0.1) is 5.69 Å². The first-order chi connectivity index (χ1) is 10.2. The lowest BCUT2D eigenvalue weighted by Gasteiger charge is -2.07. The molecule has 104 valence electrons. The van der Waals surface area contributed by atoms with E-state index in [0.717, 1.165) is 16.9 Å². The molecule has 0 bridgehead atoms. The molecule has 0 fully saturated rings. The molecule has 1 aromatic carbocycles. The average molecular weight is 298 g/mol. The first kappa shape index (κ1) is 13.3. The van der Waals surface area contributed by atoms with Crippen molar-refractivity contribution in [3.63, 3.8) is 0 Å². The summed E-state index contributed by atoms with van der Waals surface area (Å²) in [4.78, 5) is 12.6. The number of pyridine rings is 1. The van der Waals surface area contributed by atoms with E-state index in [0.29, 0.717) is 16.8 Å². The molecule has 21 heavy (non-hydrogen) atoms. The van der Waals surface area contributed by atoms with E-state index in [1.54, 1.807) is 18.5 Å². The number of nitrogens with two attached hydrogens (primary N) is 1. The molecule has 0 saturated heterocycles. The van der Waals surface area contributed by atoms with Crippen LogP contribution in [0.15, 0.2) is 54.9 Å². The molecule has 2 aromatic heterocycles. The molecule has 0 aliphatic carbocycles. The van der Waals surface area contributed by atoms with Crippen LogP contribution in [0.1, 0.15) is 0 Å². The van der Waals surface area contributed by atoms with E-state index in [4.69, 9.17) is 17.3 Å². The lowest BCUT2D eigenvalue weighted by molar-refractivity contribution is 1.17. The van der Waals surface area contributed by atoms with Gasteiger partial charge in [0.15, 0.2) is 0 Å². The molecule has 0 aliphatic heterocycles. The normalized spacial score (nSPS) is 10.3. The smallest absolute Gasteiger partial charge is 0.227 e. The number of hydrogen-bond donors (Lipinski definition) is 2. The Morgan fingerprint density at radius 1 is 1.00 bits per heavy atom. The molecule has 0 amide bonds. The van der Waals surface area contributed by atoms with Gasteiger partial charge in [-0.1, -0.05) is 17.7 Å². The number of anilines is 3. The highest BCUT2D eigenvalue weighted by atomic mass is 35.5. The average Bonchev–Trinajstić information content (AvgIpc) is 2.47. The van der Waals surface area contributed by atoms with Crippen molar-refractivity contribution in [3.8, 4) is 11.3 Å². The Bertz CT molecular complexity index is 775. The summed E-state index contributed by atoms with van der Waals surface area (Å²) in [6, 6.07) is 12.8. The van der Waals surface area contributed by atoms with E-state index in [-0.39, 0.29) is 0 Å². The van der Waals surface area contributed by atoms with E-state index in [1.165, 1.54) is 0 Å². The largest absolute Gasteiger partial charge is 0.399 e. The maximum atomic E-state index is 5.90. The van der Waals surface area contributed by atoms with Crippen LogP contribution in [-0.4, -0.2) is 15.0 Å². The van der Waals surface area contributed by atoms with Crippen molar-refractivity contribution in [1.29, 1.82) is 0 Å². The topological polar surface area (TPSA) is 76.7 Å². The molecule has 3 rings (SSSR count). The van der Waals surface area contributed by atoms with Crippen LogP contribution in [0.5, 0.6) is 0 Å². The fourth-order valence-electron chi connectivity index (χ4n) is 1.89. The zero-order chi connectivity index (χ0) is 14.7. The van der Waals surface area contributed by atoms with Gasteiger partial charge in [-0.05, 0) is 36.4 Å². The molecule has 3 aromatic rings. The number of halogens is 1. The van der Waals surface area contributed by atoms with Crippen molar-refractivity contribution in [2.45, 2.75) is 0 Å². The summed E-state index contributed by atoms with van der Waals surface area (Å²) in [5.74, 6) is 0.492. The van der Waals surface area contributed by atoms with Crippen LogP contribution in [0, 0.1) is 0 Å². The third-order valence-electron chi connectivity index (χ3n) is 2.82. The van der Waals surface area contributed by atoms with Gasteiger partial charge < -0.3 is 11.1 Å². The Kier molecular flexibility index (Phi) is 3.66. The summed E-state index contributed by atoms with van der Waals surface area (Å²) in [6.45, 7) is 0. The van der Waals surface area contributed by atoms with Crippen LogP contribution < -0.4 is 11.1 Å². The quantitative estimate of drug-likeness (QED) is 0.571. The van der Waals surface area contributed by atoms with Gasteiger partial charge in [-0.3, -0.25) is 0 Å². The van der Waals surface area contributed by atoms with E-state index in [1.807, 2.05) is 36.4 Å². The minimum Gasteiger partial charge on any atom is -0.399 e. The standard InChI is InChI=1S/C15H12ClN5/c16-14-8-10(4-6-18-14)13-5-7-19-15(21-13)20-12-3-1-2-11(17)9-12/h1-9H,17H2,(H,19,20,21). The monoisotopic (exact) mass is 297 g/mol. The summed E-state index contributed by atoms with van der Waals surface area (Å²) >= 11 is 5.90. The zero-order valence-electron chi connectivity index (χ0n) is 11.0. The van der Waals surface area contributed by atoms with Crippen LogP contribution >= 0.6 is 11.6 Å². The second kappa shape index (κ2) is 5.76. The minimum absolute atomic E-state index is 0.427. The third kappa shape index (κ3) is 3.27. The summed E-state index contributed by atoms with van der Waals surface area (Å²) in [7, 11) is 0. The molecule has 3 N–H and O–H groups in total. The Hall–Kier alpha value is -2.66. The van der Waals surface area contributed by atoms with Crippen LogP contribution in [0.4, 0.5) is 17.3 Å². The maximum Gasteiger partial charge on any atom is 0.227 e. The van der Waals surface area contributed by atoms with E-state index < -0.39 is 0 Å². The molecule has 0 saturated carbocycles. The molecular weight excluding hydrogens is 286 g/mol. The Balaban J connectivity index is 1.90. The number of rotatable bonds is 3. The van der Waals surface area contributed by atoms with Gasteiger partial charge in [0, 0.05) is 29.3 Å².